The smallest absolute Gasteiger partial charge is 0.271 e. The van der Waals surface area contributed by atoms with Crippen molar-refractivity contribution in [3.8, 4) is 17.4 Å². The number of nitriles is 1. The van der Waals surface area contributed by atoms with Crippen molar-refractivity contribution < 1.29 is 18.9 Å². The highest BCUT2D eigenvalue weighted by Gasteiger charge is 2.35. The van der Waals surface area contributed by atoms with Crippen LogP contribution in [0.1, 0.15) is 18.2 Å². The number of furan rings is 1. The van der Waals surface area contributed by atoms with Gasteiger partial charge in [-0.15, -0.1) is 0 Å². The van der Waals surface area contributed by atoms with Crippen molar-refractivity contribution in [3.05, 3.63) is 103 Å². The molecule has 168 valence electrons. The molecule has 2 aromatic carbocycles. The van der Waals surface area contributed by atoms with E-state index in [1.54, 1.807) is 49.4 Å². The maximum absolute atomic E-state index is 13.2. The maximum Gasteiger partial charge on any atom is 0.271 e. The Morgan fingerprint density at radius 1 is 1.12 bits per heavy atom. The number of nitro groups is 1. The normalized spacial score (nSPS) is 15.1. The van der Waals surface area contributed by atoms with Gasteiger partial charge in [-0.2, -0.15) is 5.26 Å². The van der Waals surface area contributed by atoms with Gasteiger partial charge in [0.1, 0.15) is 23.2 Å². The third kappa shape index (κ3) is 4.31. The summed E-state index contributed by atoms with van der Waals surface area (Å²) < 4.78 is 6.34. The molecule has 0 fully saturated rings. The van der Waals surface area contributed by atoms with Crippen LogP contribution in [0.4, 0.5) is 5.69 Å². The molecular formula is C25H16BrN3O5. The maximum atomic E-state index is 13.2. The van der Waals surface area contributed by atoms with Gasteiger partial charge in [0.15, 0.2) is 0 Å². The van der Waals surface area contributed by atoms with E-state index in [4.69, 9.17) is 4.42 Å². The first-order valence-electron chi connectivity index (χ1n) is 10.1. The highest BCUT2D eigenvalue weighted by atomic mass is 79.9. The quantitative estimate of drug-likeness (QED) is 0.193. The van der Waals surface area contributed by atoms with Gasteiger partial charge in [-0.3, -0.25) is 24.6 Å². The molecule has 0 radical (unpaired) electrons. The molecule has 0 N–H and O–H groups in total. The number of amides is 2. The van der Waals surface area contributed by atoms with E-state index in [1.807, 2.05) is 12.1 Å². The van der Waals surface area contributed by atoms with Crippen molar-refractivity contribution in [2.24, 2.45) is 0 Å². The van der Waals surface area contributed by atoms with Gasteiger partial charge in [-0.1, -0.05) is 30.3 Å². The minimum atomic E-state index is -0.638. The Balaban J connectivity index is 1.71. The number of nitrogens with zero attached hydrogens (tertiary/aromatic N) is 3. The van der Waals surface area contributed by atoms with E-state index >= 15 is 0 Å². The highest BCUT2D eigenvalue weighted by molar-refractivity contribution is 9.10. The summed E-state index contributed by atoms with van der Waals surface area (Å²) in [4.78, 5) is 37.6. The standard InChI is InChI=1S/C25H16BrN3O5/c1-15-20(24(30)28(25(31)21(15)13-27)14-16-5-3-2-4-6-16)12-18-8-10-23(34-18)19-9-7-17(29(32)33)11-22(19)26/h2-12H,14H2,1H3/b20-12+. The van der Waals surface area contributed by atoms with Crippen molar-refractivity contribution in [1.29, 1.82) is 5.26 Å². The third-order valence-electron chi connectivity index (χ3n) is 5.35. The summed E-state index contributed by atoms with van der Waals surface area (Å²) in [5, 5.41) is 20.5. The molecule has 9 heteroatoms. The lowest BCUT2D eigenvalue weighted by molar-refractivity contribution is -0.384. The number of hydrogen-bond donors (Lipinski definition) is 0. The second-order valence-electron chi connectivity index (χ2n) is 7.48. The van der Waals surface area contributed by atoms with Crippen LogP contribution in [0, 0.1) is 21.4 Å². The van der Waals surface area contributed by atoms with Crippen molar-refractivity contribution >= 4 is 39.5 Å². The Morgan fingerprint density at radius 3 is 2.50 bits per heavy atom. The summed E-state index contributed by atoms with van der Waals surface area (Å²) in [5.74, 6) is -0.411. The Bertz CT molecular complexity index is 1430. The molecule has 1 aromatic heterocycles. The fourth-order valence-electron chi connectivity index (χ4n) is 3.57. The number of rotatable bonds is 5. The van der Waals surface area contributed by atoms with Crippen LogP contribution in [0.25, 0.3) is 17.4 Å². The average Bonchev–Trinajstić information content (AvgIpc) is 3.29. The van der Waals surface area contributed by atoms with E-state index in [2.05, 4.69) is 15.9 Å². The van der Waals surface area contributed by atoms with Gasteiger partial charge in [0, 0.05) is 27.7 Å². The summed E-state index contributed by atoms with van der Waals surface area (Å²) in [6.45, 7) is 1.59. The summed E-state index contributed by atoms with van der Waals surface area (Å²) in [5.41, 5.74) is 1.63. The lowest BCUT2D eigenvalue weighted by atomic mass is 9.94. The number of hydrogen-bond acceptors (Lipinski definition) is 6. The molecular weight excluding hydrogens is 502 g/mol. The van der Waals surface area contributed by atoms with Gasteiger partial charge >= 0.3 is 0 Å². The van der Waals surface area contributed by atoms with Crippen LogP contribution in [0.5, 0.6) is 0 Å². The van der Waals surface area contributed by atoms with Crippen LogP contribution in [0.3, 0.4) is 0 Å². The van der Waals surface area contributed by atoms with E-state index in [0.717, 1.165) is 10.5 Å². The molecule has 0 bridgehead atoms. The Labute approximate surface area is 202 Å². The van der Waals surface area contributed by atoms with E-state index in [0.29, 0.717) is 21.6 Å². The molecule has 1 aliphatic heterocycles. The van der Waals surface area contributed by atoms with E-state index in [1.165, 1.54) is 18.2 Å². The Morgan fingerprint density at radius 2 is 1.85 bits per heavy atom. The van der Waals surface area contributed by atoms with Crippen molar-refractivity contribution in [1.82, 2.24) is 4.90 Å². The lowest BCUT2D eigenvalue weighted by Gasteiger charge is -2.27. The third-order valence-corrected chi connectivity index (χ3v) is 6.01. The molecule has 4 rings (SSSR count). The zero-order chi connectivity index (χ0) is 24.4. The average molecular weight is 518 g/mol. The van der Waals surface area contributed by atoms with Crippen molar-refractivity contribution in [2.75, 3.05) is 0 Å². The molecule has 0 spiro atoms. The van der Waals surface area contributed by atoms with Crippen molar-refractivity contribution in [3.63, 3.8) is 0 Å². The fraction of sp³-hybridized carbons (Fsp3) is 0.0800. The largest absolute Gasteiger partial charge is 0.457 e. The minimum Gasteiger partial charge on any atom is -0.457 e. The summed E-state index contributed by atoms with van der Waals surface area (Å²) in [6.07, 6.45) is 1.49. The van der Waals surface area contributed by atoms with Gasteiger partial charge in [0.2, 0.25) is 0 Å². The number of imide groups is 1. The molecule has 0 atom stereocenters. The van der Waals surface area contributed by atoms with Gasteiger partial charge in [-0.05, 0) is 58.3 Å². The zero-order valence-electron chi connectivity index (χ0n) is 17.8. The molecule has 0 unspecified atom stereocenters. The van der Waals surface area contributed by atoms with Crippen molar-refractivity contribution in [2.45, 2.75) is 13.5 Å². The number of carbonyl (C=O) groups excluding carboxylic acids is 2. The Kier molecular flexibility index (Phi) is 6.25. The van der Waals surface area contributed by atoms with Gasteiger partial charge in [0.25, 0.3) is 17.5 Å². The number of benzene rings is 2. The minimum absolute atomic E-state index is 0.0352. The topological polar surface area (TPSA) is 117 Å². The number of carbonyl (C=O) groups is 2. The SMILES string of the molecule is CC1=C(C#N)C(=O)N(Cc2ccccc2)C(=O)/C1=C/c1ccc(-c2ccc([N+](=O)[O-])cc2Br)o1. The van der Waals surface area contributed by atoms with Gasteiger partial charge < -0.3 is 4.42 Å². The first kappa shape index (κ1) is 22.9. The number of nitro benzene ring substituents is 1. The molecule has 2 heterocycles. The van der Waals surface area contributed by atoms with E-state index < -0.39 is 16.7 Å². The highest BCUT2D eigenvalue weighted by Crippen LogP contribution is 2.34. The molecule has 0 aliphatic carbocycles. The lowest BCUT2D eigenvalue weighted by Crippen LogP contribution is -2.42. The second-order valence-corrected chi connectivity index (χ2v) is 8.33. The number of non-ortho nitro benzene ring substituents is 1. The first-order chi connectivity index (χ1) is 16.3. The van der Waals surface area contributed by atoms with Crippen LogP contribution in [0.15, 0.2) is 86.3 Å². The zero-order valence-corrected chi connectivity index (χ0v) is 19.4. The first-order valence-corrected chi connectivity index (χ1v) is 10.9. The molecule has 0 saturated carbocycles. The predicted molar refractivity (Wildman–Crippen MR) is 127 cm³/mol. The number of halogens is 1. The van der Waals surface area contributed by atoms with Gasteiger partial charge in [0.05, 0.1) is 11.5 Å². The second kappa shape index (κ2) is 9.29. The summed E-state index contributed by atoms with van der Waals surface area (Å²) >= 11 is 3.32. The molecule has 2 amide bonds. The van der Waals surface area contributed by atoms with Crippen LogP contribution >= 0.6 is 15.9 Å². The Hall–Kier alpha value is -4.29. The molecule has 3 aromatic rings. The molecule has 1 aliphatic rings. The van der Waals surface area contributed by atoms with E-state index in [-0.39, 0.29) is 29.0 Å². The van der Waals surface area contributed by atoms with E-state index in [9.17, 15) is 25.0 Å². The summed E-state index contributed by atoms with van der Waals surface area (Å²) in [7, 11) is 0. The molecule has 0 saturated heterocycles. The van der Waals surface area contributed by atoms with Crippen LogP contribution in [-0.4, -0.2) is 21.6 Å². The monoisotopic (exact) mass is 517 g/mol. The van der Waals surface area contributed by atoms with Crippen LogP contribution < -0.4 is 0 Å². The molecule has 8 nitrogen and oxygen atoms in total. The fourth-order valence-corrected chi connectivity index (χ4v) is 4.14. The van der Waals surface area contributed by atoms with Crippen LogP contribution in [0.2, 0.25) is 0 Å². The summed E-state index contributed by atoms with van der Waals surface area (Å²) in [6, 6.07) is 18.5. The van der Waals surface area contributed by atoms with Crippen LogP contribution in [-0.2, 0) is 16.1 Å². The predicted octanol–water partition coefficient (Wildman–Crippen LogP) is 5.41. The van der Waals surface area contributed by atoms with Gasteiger partial charge in [-0.25, -0.2) is 0 Å². The molecule has 34 heavy (non-hydrogen) atoms.